The third-order valence-corrected chi connectivity index (χ3v) is 3.70. The van der Waals surface area contributed by atoms with Crippen LogP contribution in [0.4, 0.5) is 0 Å². The average Bonchev–Trinajstić information content (AvgIpc) is 2.38. The molecule has 1 aromatic carbocycles. The number of aliphatic hydroxyl groups is 1. The molecule has 0 aliphatic heterocycles. The summed E-state index contributed by atoms with van der Waals surface area (Å²) in [4.78, 5) is 0. The second-order valence-corrected chi connectivity index (χ2v) is 5.62. The Balaban J connectivity index is 2.09. The van der Waals surface area contributed by atoms with Gasteiger partial charge in [-0.25, -0.2) is 0 Å². The predicted octanol–water partition coefficient (Wildman–Crippen LogP) is 3.86. The van der Waals surface area contributed by atoms with E-state index in [0.29, 0.717) is 5.92 Å². The summed E-state index contributed by atoms with van der Waals surface area (Å²) >= 11 is 0. The topological polar surface area (TPSA) is 20.2 Å². The van der Waals surface area contributed by atoms with Gasteiger partial charge in [-0.05, 0) is 49.3 Å². The van der Waals surface area contributed by atoms with E-state index in [1.807, 2.05) is 0 Å². The van der Waals surface area contributed by atoms with Crippen molar-refractivity contribution in [2.24, 2.45) is 0 Å². The first-order valence-corrected chi connectivity index (χ1v) is 6.95. The molecule has 1 nitrogen and oxygen atoms in total. The molecule has 1 aromatic rings. The summed E-state index contributed by atoms with van der Waals surface area (Å²) in [6.45, 7) is 4.37. The molecule has 0 atom stereocenters. The van der Waals surface area contributed by atoms with Crippen molar-refractivity contribution in [2.45, 2.75) is 57.5 Å². The molecule has 96 valence electrons. The first kappa shape index (κ1) is 13.2. The molecular formula is C17H22O. The van der Waals surface area contributed by atoms with Gasteiger partial charge in [0.2, 0.25) is 0 Å². The van der Waals surface area contributed by atoms with Crippen LogP contribution in [0.1, 0.15) is 63.0 Å². The Bertz CT molecular complexity index is 439. The van der Waals surface area contributed by atoms with E-state index < -0.39 is 5.60 Å². The van der Waals surface area contributed by atoms with Crippen LogP contribution in [0.2, 0.25) is 0 Å². The smallest absolute Gasteiger partial charge is 0.125 e. The number of benzene rings is 1. The highest BCUT2D eigenvalue weighted by atomic mass is 16.3. The van der Waals surface area contributed by atoms with Crippen LogP contribution >= 0.6 is 0 Å². The molecule has 0 unspecified atom stereocenters. The van der Waals surface area contributed by atoms with Crippen LogP contribution in [-0.4, -0.2) is 10.7 Å². The lowest BCUT2D eigenvalue weighted by atomic mass is 9.85. The SMILES string of the molecule is CC(C)c1ccc(C#CC2(O)CCCCC2)cc1. The Morgan fingerprint density at radius 1 is 1.06 bits per heavy atom. The zero-order chi connectivity index (χ0) is 13.0. The fourth-order valence-corrected chi connectivity index (χ4v) is 2.40. The molecule has 0 heterocycles. The molecule has 1 fully saturated rings. The standard InChI is InChI=1S/C17H22O/c1-14(2)16-8-6-15(7-9-16)10-13-17(18)11-4-3-5-12-17/h6-9,14,18H,3-5,11-12H2,1-2H3. The van der Waals surface area contributed by atoms with Gasteiger partial charge in [0.15, 0.2) is 0 Å². The van der Waals surface area contributed by atoms with Gasteiger partial charge in [0.1, 0.15) is 5.60 Å². The van der Waals surface area contributed by atoms with Gasteiger partial charge in [-0.1, -0.05) is 44.2 Å². The Hall–Kier alpha value is -1.26. The highest BCUT2D eigenvalue weighted by Crippen LogP contribution is 2.27. The molecule has 0 amide bonds. The summed E-state index contributed by atoms with van der Waals surface area (Å²) in [5.74, 6) is 6.74. The van der Waals surface area contributed by atoms with Gasteiger partial charge >= 0.3 is 0 Å². The predicted molar refractivity (Wildman–Crippen MR) is 75.4 cm³/mol. The van der Waals surface area contributed by atoms with E-state index in [4.69, 9.17) is 0 Å². The fourth-order valence-electron chi connectivity index (χ4n) is 2.40. The molecule has 0 saturated heterocycles. The second-order valence-electron chi connectivity index (χ2n) is 5.62. The summed E-state index contributed by atoms with van der Waals surface area (Å²) < 4.78 is 0. The Morgan fingerprint density at radius 3 is 2.22 bits per heavy atom. The summed E-state index contributed by atoms with van der Waals surface area (Å²) in [6, 6.07) is 8.35. The van der Waals surface area contributed by atoms with Gasteiger partial charge in [-0.15, -0.1) is 0 Å². The number of hydrogen-bond donors (Lipinski definition) is 1. The lowest BCUT2D eigenvalue weighted by Gasteiger charge is -2.26. The van der Waals surface area contributed by atoms with Gasteiger partial charge in [-0.3, -0.25) is 0 Å². The molecule has 0 spiro atoms. The van der Waals surface area contributed by atoms with Crippen molar-refractivity contribution in [2.75, 3.05) is 0 Å². The Labute approximate surface area is 110 Å². The molecule has 18 heavy (non-hydrogen) atoms. The number of rotatable bonds is 1. The van der Waals surface area contributed by atoms with E-state index >= 15 is 0 Å². The number of hydrogen-bond acceptors (Lipinski definition) is 1. The summed E-state index contributed by atoms with van der Waals surface area (Å²) in [5.41, 5.74) is 1.59. The van der Waals surface area contributed by atoms with Crippen molar-refractivity contribution in [1.82, 2.24) is 0 Å². The first-order valence-electron chi connectivity index (χ1n) is 6.95. The largest absolute Gasteiger partial charge is 0.378 e. The molecule has 2 rings (SSSR count). The molecule has 1 N–H and O–H groups in total. The molecule has 1 heteroatoms. The minimum Gasteiger partial charge on any atom is -0.378 e. The molecular weight excluding hydrogens is 220 g/mol. The van der Waals surface area contributed by atoms with Crippen molar-refractivity contribution < 1.29 is 5.11 Å². The third kappa shape index (κ3) is 3.37. The zero-order valence-electron chi connectivity index (χ0n) is 11.4. The Kier molecular flexibility index (Phi) is 4.09. The van der Waals surface area contributed by atoms with Crippen LogP contribution in [0.25, 0.3) is 0 Å². The van der Waals surface area contributed by atoms with Gasteiger partial charge < -0.3 is 5.11 Å². The minimum absolute atomic E-state index is 0.550. The van der Waals surface area contributed by atoms with Crippen LogP contribution in [0, 0.1) is 11.8 Å². The van der Waals surface area contributed by atoms with Crippen LogP contribution in [0.5, 0.6) is 0 Å². The molecule has 1 aliphatic rings. The molecule has 0 bridgehead atoms. The van der Waals surface area contributed by atoms with Crippen molar-refractivity contribution in [1.29, 1.82) is 0 Å². The maximum Gasteiger partial charge on any atom is 0.125 e. The van der Waals surface area contributed by atoms with Crippen LogP contribution < -0.4 is 0 Å². The lowest BCUT2D eigenvalue weighted by Crippen LogP contribution is -2.29. The van der Waals surface area contributed by atoms with Gasteiger partial charge in [-0.2, -0.15) is 0 Å². The van der Waals surface area contributed by atoms with E-state index in [1.54, 1.807) is 0 Å². The summed E-state index contributed by atoms with van der Waals surface area (Å²) in [6.07, 6.45) is 5.07. The normalized spacial score (nSPS) is 18.2. The zero-order valence-corrected chi connectivity index (χ0v) is 11.4. The van der Waals surface area contributed by atoms with Gasteiger partial charge in [0.25, 0.3) is 0 Å². The maximum atomic E-state index is 10.3. The van der Waals surface area contributed by atoms with E-state index in [2.05, 4.69) is 50.0 Å². The van der Waals surface area contributed by atoms with Gasteiger partial charge in [0, 0.05) is 5.56 Å². The van der Waals surface area contributed by atoms with E-state index in [-0.39, 0.29) is 0 Å². The summed E-state index contributed by atoms with van der Waals surface area (Å²) in [5, 5.41) is 10.3. The summed E-state index contributed by atoms with van der Waals surface area (Å²) in [7, 11) is 0. The van der Waals surface area contributed by atoms with Gasteiger partial charge in [0.05, 0.1) is 0 Å². The molecule has 1 saturated carbocycles. The Morgan fingerprint density at radius 2 is 1.67 bits per heavy atom. The minimum atomic E-state index is -0.741. The van der Waals surface area contributed by atoms with Crippen molar-refractivity contribution in [3.63, 3.8) is 0 Å². The van der Waals surface area contributed by atoms with E-state index in [0.717, 1.165) is 31.2 Å². The second kappa shape index (κ2) is 5.59. The van der Waals surface area contributed by atoms with Crippen molar-refractivity contribution >= 4 is 0 Å². The fraction of sp³-hybridized carbons (Fsp3) is 0.529. The maximum absolute atomic E-state index is 10.3. The lowest BCUT2D eigenvalue weighted by molar-refractivity contribution is 0.0610. The molecule has 1 aliphatic carbocycles. The molecule has 0 radical (unpaired) electrons. The highest BCUT2D eigenvalue weighted by Gasteiger charge is 2.26. The quantitative estimate of drug-likeness (QED) is 0.741. The van der Waals surface area contributed by atoms with Crippen molar-refractivity contribution in [3.8, 4) is 11.8 Å². The van der Waals surface area contributed by atoms with E-state index in [1.165, 1.54) is 12.0 Å². The third-order valence-electron chi connectivity index (χ3n) is 3.70. The van der Waals surface area contributed by atoms with Crippen LogP contribution in [0.3, 0.4) is 0 Å². The van der Waals surface area contributed by atoms with E-state index in [9.17, 15) is 5.11 Å². The van der Waals surface area contributed by atoms with Crippen LogP contribution in [-0.2, 0) is 0 Å². The average molecular weight is 242 g/mol. The monoisotopic (exact) mass is 242 g/mol. The molecule has 0 aromatic heterocycles. The van der Waals surface area contributed by atoms with Crippen molar-refractivity contribution in [3.05, 3.63) is 35.4 Å². The van der Waals surface area contributed by atoms with Crippen LogP contribution in [0.15, 0.2) is 24.3 Å². The highest BCUT2D eigenvalue weighted by molar-refractivity contribution is 5.38. The first-order chi connectivity index (χ1) is 8.59.